The second kappa shape index (κ2) is 8.51. The molecule has 1 unspecified atom stereocenters. The van der Waals surface area contributed by atoms with Crippen molar-refractivity contribution >= 4 is 33.3 Å². The standard InChI is InChI=1S/C23H21N3O3S/c1-14-18(22-26-20-8-5-13-24-23(20)30-22)6-4-7-19(14)25-21(27)15(2)29-17-11-9-16(28-3)10-12-17/h4-13,15H,1-3H3,(H,25,27). The number of carbonyl (C=O) groups excluding carboxylic acids is 1. The van der Waals surface area contributed by atoms with Crippen LogP contribution in [0.2, 0.25) is 0 Å². The molecule has 0 bridgehead atoms. The SMILES string of the molecule is COc1ccc(OC(C)C(=O)Nc2cccc(-c3nc4cccnc4s3)c2C)cc1. The van der Waals surface area contributed by atoms with Crippen LogP contribution in [0.4, 0.5) is 5.69 Å². The Morgan fingerprint density at radius 3 is 2.57 bits per heavy atom. The molecule has 0 fully saturated rings. The maximum atomic E-state index is 12.7. The molecule has 0 saturated heterocycles. The number of nitrogens with zero attached hydrogens (tertiary/aromatic N) is 2. The largest absolute Gasteiger partial charge is 0.497 e. The molecule has 4 aromatic rings. The Labute approximate surface area is 178 Å². The predicted octanol–water partition coefficient (Wildman–Crippen LogP) is 5.08. The number of amides is 1. The van der Waals surface area contributed by atoms with Gasteiger partial charge in [-0.25, -0.2) is 9.97 Å². The molecule has 6 nitrogen and oxygen atoms in total. The number of benzene rings is 2. The van der Waals surface area contributed by atoms with Gasteiger partial charge in [0, 0.05) is 17.4 Å². The number of thiazole rings is 1. The van der Waals surface area contributed by atoms with E-state index in [0.29, 0.717) is 5.75 Å². The van der Waals surface area contributed by atoms with Crippen LogP contribution in [0.3, 0.4) is 0 Å². The van der Waals surface area contributed by atoms with Crippen LogP contribution >= 0.6 is 11.3 Å². The minimum Gasteiger partial charge on any atom is -0.497 e. The summed E-state index contributed by atoms with van der Waals surface area (Å²) in [6, 6.07) is 16.7. The summed E-state index contributed by atoms with van der Waals surface area (Å²) in [5.41, 5.74) is 3.52. The molecule has 2 aromatic carbocycles. The van der Waals surface area contributed by atoms with Gasteiger partial charge in [-0.3, -0.25) is 4.79 Å². The highest BCUT2D eigenvalue weighted by Gasteiger charge is 2.18. The zero-order chi connectivity index (χ0) is 21.1. The van der Waals surface area contributed by atoms with Crippen molar-refractivity contribution in [1.82, 2.24) is 9.97 Å². The molecule has 0 spiro atoms. The van der Waals surface area contributed by atoms with E-state index in [1.807, 2.05) is 37.3 Å². The van der Waals surface area contributed by atoms with Crippen LogP contribution < -0.4 is 14.8 Å². The van der Waals surface area contributed by atoms with Crippen molar-refractivity contribution in [2.24, 2.45) is 0 Å². The van der Waals surface area contributed by atoms with E-state index in [4.69, 9.17) is 9.47 Å². The van der Waals surface area contributed by atoms with Gasteiger partial charge in [0.15, 0.2) is 6.10 Å². The number of rotatable bonds is 6. The lowest BCUT2D eigenvalue weighted by atomic mass is 10.1. The number of methoxy groups -OCH3 is 1. The second-order valence-corrected chi connectivity index (χ2v) is 7.73. The van der Waals surface area contributed by atoms with Gasteiger partial charge in [0.2, 0.25) is 0 Å². The minimum atomic E-state index is -0.659. The number of nitrogens with one attached hydrogen (secondary N) is 1. The van der Waals surface area contributed by atoms with E-state index in [2.05, 4.69) is 15.3 Å². The van der Waals surface area contributed by atoms with Gasteiger partial charge >= 0.3 is 0 Å². The lowest BCUT2D eigenvalue weighted by molar-refractivity contribution is -0.122. The van der Waals surface area contributed by atoms with Crippen molar-refractivity contribution in [2.75, 3.05) is 12.4 Å². The first-order chi connectivity index (χ1) is 14.5. The lowest BCUT2D eigenvalue weighted by Gasteiger charge is -2.17. The van der Waals surface area contributed by atoms with Crippen LogP contribution in [0.25, 0.3) is 20.9 Å². The van der Waals surface area contributed by atoms with E-state index in [1.165, 1.54) is 11.3 Å². The highest BCUT2D eigenvalue weighted by molar-refractivity contribution is 7.21. The molecule has 30 heavy (non-hydrogen) atoms. The first kappa shape index (κ1) is 19.8. The van der Waals surface area contributed by atoms with Crippen molar-refractivity contribution in [1.29, 1.82) is 0 Å². The molecule has 1 N–H and O–H groups in total. The van der Waals surface area contributed by atoms with Gasteiger partial charge in [0.1, 0.15) is 26.9 Å². The molecule has 1 atom stereocenters. The smallest absolute Gasteiger partial charge is 0.265 e. The van der Waals surface area contributed by atoms with Gasteiger partial charge in [-0.1, -0.05) is 23.5 Å². The highest BCUT2D eigenvalue weighted by atomic mass is 32.1. The molecule has 2 heterocycles. The van der Waals surface area contributed by atoms with Crippen molar-refractivity contribution in [3.8, 4) is 22.1 Å². The fourth-order valence-corrected chi connectivity index (χ4v) is 4.02. The second-order valence-electron chi connectivity index (χ2n) is 6.75. The van der Waals surface area contributed by atoms with Crippen molar-refractivity contribution < 1.29 is 14.3 Å². The summed E-state index contributed by atoms with van der Waals surface area (Å²) in [6.45, 7) is 3.69. The molecule has 7 heteroatoms. The van der Waals surface area contributed by atoms with E-state index in [-0.39, 0.29) is 5.91 Å². The predicted molar refractivity (Wildman–Crippen MR) is 119 cm³/mol. The Balaban J connectivity index is 1.51. The third kappa shape index (κ3) is 4.11. The molecule has 0 aliphatic heterocycles. The number of hydrogen-bond acceptors (Lipinski definition) is 6. The molecule has 0 radical (unpaired) electrons. The molecule has 0 aliphatic carbocycles. The number of pyridine rings is 1. The third-order valence-corrected chi connectivity index (χ3v) is 5.74. The normalized spacial score (nSPS) is 11.8. The number of hydrogen-bond donors (Lipinski definition) is 1. The van der Waals surface area contributed by atoms with Crippen molar-refractivity contribution in [3.63, 3.8) is 0 Å². The van der Waals surface area contributed by atoms with Crippen molar-refractivity contribution in [3.05, 3.63) is 66.4 Å². The molecular weight excluding hydrogens is 398 g/mol. The fraction of sp³-hybridized carbons (Fsp3) is 0.174. The molecular formula is C23H21N3O3S. The Morgan fingerprint density at radius 2 is 1.83 bits per heavy atom. The first-order valence-corrected chi connectivity index (χ1v) is 10.3. The zero-order valence-electron chi connectivity index (χ0n) is 16.9. The maximum Gasteiger partial charge on any atom is 0.265 e. The zero-order valence-corrected chi connectivity index (χ0v) is 17.7. The summed E-state index contributed by atoms with van der Waals surface area (Å²) in [4.78, 5) is 22.6. The third-order valence-electron chi connectivity index (χ3n) is 4.73. The average molecular weight is 420 g/mol. The average Bonchev–Trinajstić information content (AvgIpc) is 3.19. The van der Waals surface area contributed by atoms with Crippen LogP contribution in [-0.2, 0) is 4.79 Å². The van der Waals surface area contributed by atoms with Crippen LogP contribution in [0, 0.1) is 6.92 Å². The highest BCUT2D eigenvalue weighted by Crippen LogP contribution is 2.33. The van der Waals surface area contributed by atoms with Crippen LogP contribution in [-0.4, -0.2) is 29.1 Å². The maximum absolute atomic E-state index is 12.7. The Hall–Kier alpha value is -3.45. The van der Waals surface area contributed by atoms with Crippen LogP contribution in [0.5, 0.6) is 11.5 Å². The fourth-order valence-electron chi connectivity index (χ4n) is 3.03. The topological polar surface area (TPSA) is 73.3 Å². The van der Waals surface area contributed by atoms with Gasteiger partial charge in [0.05, 0.1) is 7.11 Å². The Kier molecular flexibility index (Phi) is 5.63. The number of ether oxygens (including phenoxy) is 2. The number of fused-ring (bicyclic) bond motifs is 1. The summed E-state index contributed by atoms with van der Waals surface area (Å²) < 4.78 is 10.9. The van der Waals surface area contributed by atoms with Crippen molar-refractivity contribution in [2.45, 2.75) is 20.0 Å². The van der Waals surface area contributed by atoms with E-state index in [1.54, 1.807) is 44.5 Å². The van der Waals surface area contributed by atoms with E-state index >= 15 is 0 Å². The molecule has 4 rings (SSSR count). The van der Waals surface area contributed by atoms with Gasteiger partial charge in [-0.05, 0) is 61.9 Å². The molecule has 0 aliphatic rings. The Bertz CT molecular complexity index is 1160. The molecule has 152 valence electrons. The van der Waals surface area contributed by atoms with Gasteiger partial charge in [-0.2, -0.15) is 0 Å². The molecule has 0 saturated carbocycles. The number of carbonyl (C=O) groups is 1. The van der Waals surface area contributed by atoms with E-state index in [0.717, 1.165) is 37.9 Å². The molecule has 2 aromatic heterocycles. The summed E-state index contributed by atoms with van der Waals surface area (Å²) >= 11 is 1.53. The first-order valence-electron chi connectivity index (χ1n) is 9.48. The minimum absolute atomic E-state index is 0.225. The number of aromatic nitrogens is 2. The quantitative estimate of drug-likeness (QED) is 0.472. The van der Waals surface area contributed by atoms with Crippen LogP contribution in [0.15, 0.2) is 60.8 Å². The van der Waals surface area contributed by atoms with Gasteiger partial charge in [0.25, 0.3) is 5.91 Å². The van der Waals surface area contributed by atoms with E-state index < -0.39 is 6.10 Å². The lowest BCUT2D eigenvalue weighted by Crippen LogP contribution is -2.30. The van der Waals surface area contributed by atoms with Gasteiger partial charge < -0.3 is 14.8 Å². The van der Waals surface area contributed by atoms with E-state index in [9.17, 15) is 4.79 Å². The van der Waals surface area contributed by atoms with Crippen LogP contribution in [0.1, 0.15) is 12.5 Å². The summed E-state index contributed by atoms with van der Waals surface area (Å²) in [6.07, 6.45) is 1.10. The summed E-state index contributed by atoms with van der Waals surface area (Å²) in [5.74, 6) is 1.11. The summed E-state index contributed by atoms with van der Waals surface area (Å²) in [5, 5.41) is 3.84. The Morgan fingerprint density at radius 1 is 1.07 bits per heavy atom. The molecule has 1 amide bonds. The van der Waals surface area contributed by atoms with Gasteiger partial charge in [-0.15, -0.1) is 0 Å². The monoisotopic (exact) mass is 419 g/mol. The summed E-state index contributed by atoms with van der Waals surface area (Å²) in [7, 11) is 1.60. The number of anilines is 1.